The molecule has 1 aliphatic heterocycles. The Bertz CT molecular complexity index is 1580. The van der Waals surface area contributed by atoms with E-state index in [0.717, 1.165) is 21.3 Å². The maximum atomic E-state index is 13.1. The van der Waals surface area contributed by atoms with Gasteiger partial charge in [-0.15, -0.1) is 0 Å². The van der Waals surface area contributed by atoms with Crippen LogP contribution in [0, 0.1) is 3.57 Å². The number of hydrogen-bond donors (Lipinski definition) is 1. The molecule has 0 aromatic heterocycles. The molecule has 8 nitrogen and oxygen atoms in total. The molecule has 0 aliphatic carbocycles. The van der Waals surface area contributed by atoms with Crippen molar-refractivity contribution in [1.29, 1.82) is 0 Å². The third-order valence-electron chi connectivity index (χ3n) is 5.90. The molecule has 3 amide bonds. The largest absolute Gasteiger partial charge is 0.495 e. The summed E-state index contributed by atoms with van der Waals surface area (Å²) < 4.78 is 57.2. The lowest BCUT2D eigenvalue weighted by Crippen LogP contribution is -2.36. The van der Waals surface area contributed by atoms with Gasteiger partial charge in [-0.2, -0.15) is 13.2 Å². The number of carbonyl (C=O) groups is 3. The number of imide groups is 1. The average Bonchev–Trinajstić information content (AvgIpc) is 3.20. The number of nitrogens with one attached hydrogen (secondary N) is 1. The summed E-state index contributed by atoms with van der Waals surface area (Å²) >= 11 is 9.32. The van der Waals surface area contributed by atoms with Crippen LogP contribution in [0.25, 0.3) is 6.08 Å². The second-order valence-electron chi connectivity index (χ2n) is 8.91. The average molecular weight is 747 g/mol. The van der Waals surface area contributed by atoms with E-state index < -0.39 is 35.3 Å². The Hall–Kier alpha value is -3.43. The van der Waals surface area contributed by atoms with Gasteiger partial charge in [-0.1, -0.05) is 23.7 Å². The van der Waals surface area contributed by atoms with Gasteiger partial charge in [0.1, 0.15) is 18.9 Å². The number of anilines is 1. The van der Waals surface area contributed by atoms with Crippen LogP contribution in [0.4, 0.5) is 23.7 Å². The number of nitrogens with zero attached hydrogens (tertiary/aromatic N) is 1. The summed E-state index contributed by atoms with van der Waals surface area (Å²) in [5.41, 5.74) is 0.104. The minimum atomic E-state index is -4.65. The minimum Gasteiger partial charge on any atom is -0.495 e. The maximum absolute atomic E-state index is 13.1. The van der Waals surface area contributed by atoms with Crippen LogP contribution in [0.5, 0.6) is 17.2 Å². The second kappa shape index (κ2) is 13.9. The molecular formula is C29H23ClF3IN2O6S. The molecule has 226 valence electrons. The number of rotatable bonds is 10. The van der Waals surface area contributed by atoms with E-state index in [2.05, 4.69) is 27.9 Å². The number of alkyl halides is 3. The van der Waals surface area contributed by atoms with Crippen LogP contribution in [0.1, 0.15) is 23.6 Å². The van der Waals surface area contributed by atoms with E-state index in [1.54, 1.807) is 19.1 Å². The van der Waals surface area contributed by atoms with Gasteiger partial charge in [0.05, 0.1) is 34.9 Å². The molecule has 0 atom stereocenters. The molecule has 43 heavy (non-hydrogen) atoms. The summed E-state index contributed by atoms with van der Waals surface area (Å²) in [5.74, 6) is -1.02. The van der Waals surface area contributed by atoms with Crippen molar-refractivity contribution < 1.29 is 41.8 Å². The van der Waals surface area contributed by atoms with Crippen molar-refractivity contribution in [1.82, 2.24) is 4.90 Å². The molecule has 1 fully saturated rings. The summed E-state index contributed by atoms with van der Waals surface area (Å²) in [5, 5.41) is 1.77. The Morgan fingerprint density at radius 3 is 2.44 bits per heavy atom. The van der Waals surface area contributed by atoms with E-state index in [0.29, 0.717) is 46.4 Å². The molecule has 1 N–H and O–H groups in total. The molecule has 0 radical (unpaired) electrons. The SMILES string of the molecule is CCOc1cc(/C=C2\SC(=O)N(CC(=O)Nc3cc(C(F)(F)F)ccc3OC)C2=O)cc(Cl)c1OCc1ccc(I)cc1. The highest BCUT2D eigenvalue weighted by Gasteiger charge is 2.37. The van der Waals surface area contributed by atoms with Crippen molar-refractivity contribution in [2.24, 2.45) is 0 Å². The topological polar surface area (TPSA) is 94.2 Å². The van der Waals surface area contributed by atoms with Gasteiger partial charge in [-0.05, 0) is 101 Å². The number of ether oxygens (including phenoxy) is 3. The molecule has 0 unspecified atom stereocenters. The lowest BCUT2D eigenvalue weighted by molar-refractivity contribution is -0.137. The normalized spacial score (nSPS) is 14.3. The van der Waals surface area contributed by atoms with Crippen LogP contribution < -0.4 is 19.5 Å². The van der Waals surface area contributed by atoms with Crippen molar-refractivity contribution in [3.63, 3.8) is 0 Å². The highest BCUT2D eigenvalue weighted by molar-refractivity contribution is 14.1. The van der Waals surface area contributed by atoms with Crippen molar-refractivity contribution in [2.45, 2.75) is 19.7 Å². The zero-order valence-corrected chi connectivity index (χ0v) is 26.3. The smallest absolute Gasteiger partial charge is 0.416 e. The second-order valence-corrected chi connectivity index (χ2v) is 11.6. The molecule has 1 aliphatic rings. The van der Waals surface area contributed by atoms with Gasteiger partial charge in [0.25, 0.3) is 11.1 Å². The summed E-state index contributed by atoms with van der Waals surface area (Å²) in [6.07, 6.45) is -3.23. The zero-order valence-electron chi connectivity index (χ0n) is 22.6. The fourth-order valence-electron chi connectivity index (χ4n) is 3.91. The summed E-state index contributed by atoms with van der Waals surface area (Å²) in [4.78, 5) is 39.0. The van der Waals surface area contributed by atoms with Crippen LogP contribution >= 0.6 is 46.0 Å². The van der Waals surface area contributed by atoms with Crippen LogP contribution in [-0.2, 0) is 22.4 Å². The summed E-state index contributed by atoms with van der Waals surface area (Å²) in [7, 11) is 1.23. The predicted octanol–water partition coefficient (Wildman–Crippen LogP) is 7.62. The molecule has 3 aromatic carbocycles. The third kappa shape index (κ3) is 8.15. The Kier molecular flexibility index (Phi) is 10.5. The van der Waals surface area contributed by atoms with E-state index in [1.165, 1.54) is 13.2 Å². The van der Waals surface area contributed by atoms with Crippen molar-refractivity contribution in [2.75, 3.05) is 25.6 Å². The molecule has 14 heteroatoms. The lowest BCUT2D eigenvalue weighted by Gasteiger charge is -2.16. The van der Waals surface area contributed by atoms with Crippen LogP contribution in [-0.4, -0.2) is 42.2 Å². The maximum Gasteiger partial charge on any atom is 0.416 e. The highest BCUT2D eigenvalue weighted by atomic mass is 127. The summed E-state index contributed by atoms with van der Waals surface area (Å²) in [6, 6.07) is 13.5. The zero-order chi connectivity index (χ0) is 31.3. The van der Waals surface area contributed by atoms with E-state index in [1.807, 2.05) is 24.3 Å². The van der Waals surface area contributed by atoms with E-state index in [9.17, 15) is 27.6 Å². The van der Waals surface area contributed by atoms with Gasteiger partial charge < -0.3 is 19.5 Å². The molecule has 1 saturated heterocycles. The first-order valence-electron chi connectivity index (χ1n) is 12.5. The number of hydrogen-bond acceptors (Lipinski definition) is 7. The molecule has 4 rings (SSSR count). The minimum absolute atomic E-state index is 0.0144. The molecular weight excluding hydrogens is 724 g/mol. The van der Waals surface area contributed by atoms with Crippen LogP contribution in [0.15, 0.2) is 59.5 Å². The number of methoxy groups -OCH3 is 1. The monoisotopic (exact) mass is 746 g/mol. The number of thioether (sulfide) groups is 1. The number of carbonyl (C=O) groups excluding carboxylic acids is 3. The third-order valence-corrected chi connectivity index (χ3v) is 7.81. The molecule has 0 bridgehead atoms. The van der Waals surface area contributed by atoms with Gasteiger partial charge in [0, 0.05) is 3.57 Å². The number of halogens is 5. The van der Waals surface area contributed by atoms with Gasteiger partial charge >= 0.3 is 6.18 Å². The highest BCUT2D eigenvalue weighted by Crippen LogP contribution is 2.40. The molecule has 3 aromatic rings. The van der Waals surface area contributed by atoms with Gasteiger partial charge in [0.2, 0.25) is 5.91 Å². The fraction of sp³-hybridized carbons (Fsp3) is 0.207. The van der Waals surface area contributed by atoms with E-state index in [-0.39, 0.29) is 28.0 Å². The Labute approximate surface area is 267 Å². The van der Waals surface area contributed by atoms with Crippen molar-refractivity contribution in [3.8, 4) is 17.2 Å². The van der Waals surface area contributed by atoms with Crippen LogP contribution in [0.3, 0.4) is 0 Å². The van der Waals surface area contributed by atoms with E-state index >= 15 is 0 Å². The molecule has 1 heterocycles. The Morgan fingerprint density at radius 2 is 1.79 bits per heavy atom. The first-order chi connectivity index (χ1) is 20.4. The standard InChI is InChI=1S/C29H23ClF3IN2O6S/c1-3-41-23-11-17(10-20(30)26(23)42-15-16-4-7-19(34)8-5-16)12-24-27(38)36(28(39)43-24)14-25(37)35-21-13-18(29(31,32)33)6-9-22(21)40-2/h4-13H,3,14-15H2,1-2H3,(H,35,37)/b24-12-. The van der Waals surface area contributed by atoms with Crippen molar-refractivity contribution >= 4 is 74.8 Å². The summed E-state index contributed by atoms with van der Waals surface area (Å²) in [6.45, 7) is 1.61. The Balaban J connectivity index is 1.49. The van der Waals surface area contributed by atoms with Gasteiger partial charge in [0.15, 0.2) is 11.5 Å². The predicted molar refractivity (Wildman–Crippen MR) is 165 cm³/mol. The van der Waals surface area contributed by atoms with Gasteiger partial charge in [-0.25, -0.2) is 0 Å². The number of amides is 3. The quantitative estimate of drug-likeness (QED) is 0.169. The van der Waals surface area contributed by atoms with Gasteiger partial charge in [-0.3, -0.25) is 19.3 Å². The fourth-order valence-corrected chi connectivity index (χ4v) is 5.38. The molecule has 0 saturated carbocycles. The first kappa shape index (κ1) is 32.5. The van der Waals surface area contributed by atoms with E-state index in [4.69, 9.17) is 25.8 Å². The number of benzene rings is 3. The van der Waals surface area contributed by atoms with Crippen LogP contribution in [0.2, 0.25) is 5.02 Å². The Morgan fingerprint density at radius 1 is 1.07 bits per heavy atom. The molecule has 0 spiro atoms. The first-order valence-corrected chi connectivity index (χ1v) is 14.8. The lowest BCUT2D eigenvalue weighted by atomic mass is 10.1. The van der Waals surface area contributed by atoms with Crippen molar-refractivity contribution in [3.05, 3.63) is 84.8 Å².